The summed E-state index contributed by atoms with van der Waals surface area (Å²) >= 11 is 0. The summed E-state index contributed by atoms with van der Waals surface area (Å²) in [6.45, 7) is 5.94. The molecule has 1 aliphatic rings. The average Bonchev–Trinajstić information content (AvgIpc) is 2.95. The van der Waals surface area contributed by atoms with Crippen molar-refractivity contribution in [2.75, 3.05) is 6.54 Å². The molecule has 0 radical (unpaired) electrons. The predicted molar refractivity (Wildman–Crippen MR) is 159 cm³/mol. The standard InChI is InChI=1S/C33H41N3O5/c1-23(2)21-28-33(40)41-29(24(3)17-18-25-11-6-4-7-12-25)15-10-16-30(37)35-27(22-26-13-8-5-9-14-26)32(39)34-20-19-31(38)36-28/h4-14,16-18,23-24,27-29H,15,19-22H2,1-3H3,(H,34,39)(H,35,37)(H,36,38)/b16-10+,18-17+/t24-,27-,28+,29?/m1/s1. The van der Waals surface area contributed by atoms with E-state index in [1.54, 1.807) is 6.08 Å². The molecular formula is C33H41N3O5. The summed E-state index contributed by atoms with van der Waals surface area (Å²) in [6, 6.07) is 17.6. The number of ether oxygens (including phenoxy) is 1. The Morgan fingerprint density at radius 2 is 1.59 bits per heavy atom. The monoisotopic (exact) mass is 559 g/mol. The van der Waals surface area contributed by atoms with Gasteiger partial charge in [0, 0.05) is 31.7 Å². The highest BCUT2D eigenvalue weighted by Gasteiger charge is 2.28. The van der Waals surface area contributed by atoms with Crippen molar-refractivity contribution in [1.82, 2.24) is 16.0 Å². The zero-order valence-corrected chi connectivity index (χ0v) is 24.0. The minimum absolute atomic E-state index is 0.0147. The minimum Gasteiger partial charge on any atom is -0.460 e. The van der Waals surface area contributed by atoms with Crippen LogP contribution in [0.1, 0.15) is 51.2 Å². The molecule has 0 aliphatic carbocycles. The Kier molecular flexibility index (Phi) is 12.3. The van der Waals surface area contributed by atoms with Crippen molar-refractivity contribution in [3.63, 3.8) is 0 Å². The largest absolute Gasteiger partial charge is 0.460 e. The molecule has 1 heterocycles. The second-order valence-corrected chi connectivity index (χ2v) is 10.8. The molecule has 8 heteroatoms. The molecule has 8 nitrogen and oxygen atoms in total. The molecule has 0 spiro atoms. The molecule has 3 N–H and O–H groups in total. The number of benzene rings is 2. The molecule has 2 aromatic rings. The van der Waals surface area contributed by atoms with Gasteiger partial charge in [0.1, 0.15) is 18.2 Å². The van der Waals surface area contributed by atoms with Crippen LogP contribution in [0.4, 0.5) is 0 Å². The van der Waals surface area contributed by atoms with Crippen molar-refractivity contribution in [1.29, 1.82) is 0 Å². The van der Waals surface area contributed by atoms with Crippen LogP contribution in [0.25, 0.3) is 6.08 Å². The third-order valence-electron chi connectivity index (χ3n) is 6.78. The average molecular weight is 560 g/mol. The molecule has 1 aliphatic heterocycles. The highest BCUT2D eigenvalue weighted by molar-refractivity contribution is 5.93. The lowest BCUT2D eigenvalue weighted by molar-refractivity contribution is -0.155. The Labute approximate surface area is 242 Å². The van der Waals surface area contributed by atoms with Crippen molar-refractivity contribution >= 4 is 29.8 Å². The first-order chi connectivity index (χ1) is 19.7. The molecule has 0 saturated carbocycles. The molecular weight excluding hydrogens is 518 g/mol. The smallest absolute Gasteiger partial charge is 0.328 e. The number of esters is 1. The van der Waals surface area contributed by atoms with Crippen LogP contribution < -0.4 is 16.0 Å². The number of hydrogen-bond donors (Lipinski definition) is 3. The van der Waals surface area contributed by atoms with Crippen molar-refractivity contribution in [2.24, 2.45) is 11.8 Å². The van der Waals surface area contributed by atoms with E-state index in [1.165, 1.54) is 6.08 Å². The number of carbonyl (C=O) groups is 4. The number of cyclic esters (lactones) is 1. The summed E-state index contributed by atoms with van der Waals surface area (Å²) in [5, 5.41) is 8.32. The molecule has 41 heavy (non-hydrogen) atoms. The highest BCUT2D eigenvalue weighted by atomic mass is 16.5. The number of rotatable bonds is 7. The highest BCUT2D eigenvalue weighted by Crippen LogP contribution is 2.18. The second-order valence-electron chi connectivity index (χ2n) is 10.8. The van der Waals surface area contributed by atoms with Crippen LogP contribution in [0.2, 0.25) is 0 Å². The number of nitrogens with one attached hydrogen (secondary N) is 3. The summed E-state index contributed by atoms with van der Waals surface area (Å²) in [5.74, 6) is -1.74. The summed E-state index contributed by atoms with van der Waals surface area (Å²) in [5.41, 5.74) is 1.91. The van der Waals surface area contributed by atoms with Gasteiger partial charge in [-0.05, 0) is 29.5 Å². The van der Waals surface area contributed by atoms with Gasteiger partial charge in [0.2, 0.25) is 17.7 Å². The Morgan fingerprint density at radius 1 is 0.902 bits per heavy atom. The van der Waals surface area contributed by atoms with Gasteiger partial charge in [-0.2, -0.15) is 0 Å². The zero-order chi connectivity index (χ0) is 29.6. The van der Waals surface area contributed by atoms with Crippen LogP contribution in [0.5, 0.6) is 0 Å². The SMILES string of the molecule is CC(C)C[C@@H]1NC(=O)CCNC(=O)[C@@H](Cc2ccccc2)NC(=O)/C=C/CC([C@H](C)/C=C/c2ccccc2)OC1=O. The van der Waals surface area contributed by atoms with Crippen molar-refractivity contribution in [3.8, 4) is 0 Å². The molecule has 4 atom stereocenters. The Hall–Kier alpha value is -4.20. The molecule has 1 unspecified atom stereocenters. The van der Waals surface area contributed by atoms with Gasteiger partial charge < -0.3 is 20.7 Å². The van der Waals surface area contributed by atoms with Gasteiger partial charge in [-0.1, -0.05) is 99.7 Å². The van der Waals surface area contributed by atoms with E-state index in [1.807, 2.05) is 93.6 Å². The maximum Gasteiger partial charge on any atom is 0.328 e. The Morgan fingerprint density at radius 3 is 2.27 bits per heavy atom. The summed E-state index contributed by atoms with van der Waals surface area (Å²) in [7, 11) is 0. The third kappa shape index (κ3) is 11.1. The molecule has 0 fully saturated rings. The van der Waals surface area contributed by atoms with E-state index in [0.717, 1.165) is 11.1 Å². The molecule has 2 aromatic carbocycles. The van der Waals surface area contributed by atoms with Crippen molar-refractivity contribution in [2.45, 2.75) is 64.6 Å². The minimum atomic E-state index is -0.822. The zero-order valence-electron chi connectivity index (χ0n) is 24.0. The number of carbonyl (C=O) groups excluding carboxylic acids is 4. The fourth-order valence-corrected chi connectivity index (χ4v) is 4.51. The fraction of sp³-hybridized carbons (Fsp3) is 0.394. The quantitative estimate of drug-likeness (QED) is 0.445. The van der Waals surface area contributed by atoms with Crippen LogP contribution in [0, 0.1) is 11.8 Å². The lowest BCUT2D eigenvalue weighted by atomic mass is 9.99. The lowest BCUT2D eigenvalue weighted by Crippen LogP contribution is -2.49. The van der Waals surface area contributed by atoms with Crippen molar-refractivity contribution < 1.29 is 23.9 Å². The molecule has 3 rings (SSSR count). The first kappa shape index (κ1) is 31.3. The van der Waals surface area contributed by atoms with E-state index in [2.05, 4.69) is 16.0 Å². The predicted octanol–water partition coefficient (Wildman–Crippen LogP) is 3.97. The van der Waals surface area contributed by atoms with Gasteiger partial charge in [0.05, 0.1) is 0 Å². The first-order valence-corrected chi connectivity index (χ1v) is 14.2. The molecule has 0 aromatic heterocycles. The Balaban J connectivity index is 1.84. The maximum atomic E-state index is 13.3. The maximum absolute atomic E-state index is 13.3. The van der Waals surface area contributed by atoms with E-state index in [0.29, 0.717) is 12.8 Å². The normalized spacial score (nSPS) is 22.9. The van der Waals surface area contributed by atoms with Gasteiger partial charge in [0.25, 0.3) is 0 Å². The summed E-state index contributed by atoms with van der Waals surface area (Å²) in [6.07, 6.45) is 7.36. The van der Waals surface area contributed by atoms with E-state index in [9.17, 15) is 19.2 Å². The van der Waals surface area contributed by atoms with Crippen LogP contribution in [0.15, 0.2) is 78.9 Å². The molecule has 3 amide bonds. The number of hydrogen-bond acceptors (Lipinski definition) is 5. The van der Waals surface area contributed by atoms with Crippen LogP contribution in [-0.4, -0.2) is 48.4 Å². The molecule has 0 bridgehead atoms. The van der Waals surface area contributed by atoms with Gasteiger partial charge in [-0.25, -0.2) is 4.79 Å². The van der Waals surface area contributed by atoms with E-state index in [4.69, 9.17) is 4.74 Å². The summed E-state index contributed by atoms with van der Waals surface area (Å²) < 4.78 is 5.96. The fourth-order valence-electron chi connectivity index (χ4n) is 4.51. The third-order valence-corrected chi connectivity index (χ3v) is 6.78. The molecule has 0 saturated heterocycles. The first-order valence-electron chi connectivity index (χ1n) is 14.2. The van der Waals surface area contributed by atoms with Gasteiger partial charge in [-0.15, -0.1) is 0 Å². The van der Waals surface area contributed by atoms with E-state index < -0.39 is 30.1 Å². The van der Waals surface area contributed by atoms with Crippen LogP contribution in [-0.2, 0) is 30.3 Å². The Bertz CT molecular complexity index is 1210. The van der Waals surface area contributed by atoms with E-state index in [-0.39, 0.29) is 43.0 Å². The van der Waals surface area contributed by atoms with Crippen LogP contribution in [0.3, 0.4) is 0 Å². The molecule has 218 valence electrons. The van der Waals surface area contributed by atoms with Crippen LogP contribution >= 0.6 is 0 Å². The second kappa shape index (κ2) is 16.2. The van der Waals surface area contributed by atoms with Gasteiger partial charge in [0.15, 0.2) is 0 Å². The number of amides is 3. The van der Waals surface area contributed by atoms with Gasteiger partial charge in [-0.3, -0.25) is 14.4 Å². The lowest BCUT2D eigenvalue weighted by Gasteiger charge is -2.26. The van der Waals surface area contributed by atoms with Crippen molar-refractivity contribution in [3.05, 3.63) is 90.0 Å². The summed E-state index contributed by atoms with van der Waals surface area (Å²) in [4.78, 5) is 51.9. The van der Waals surface area contributed by atoms with Gasteiger partial charge >= 0.3 is 5.97 Å². The topological polar surface area (TPSA) is 114 Å². The van der Waals surface area contributed by atoms with E-state index >= 15 is 0 Å².